The number of sulfone groups is 1. The molecule has 0 radical (unpaired) electrons. The second-order valence-corrected chi connectivity index (χ2v) is 8.50. The van der Waals surface area contributed by atoms with Crippen molar-refractivity contribution in [2.24, 2.45) is 0 Å². The number of nitrogens with zero attached hydrogens (tertiary/aromatic N) is 1. The Morgan fingerprint density at radius 1 is 1.32 bits per heavy atom. The molecular weight excluding hydrogens is 300 g/mol. The number of amides is 1. The van der Waals surface area contributed by atoms with Crippen LogP contribution in [0.4, 0.5) is 0 Å². The van der Waals surface area contributed by atoms with Gasteiger partial charge in [-0.3, -0.25) is 9.69 Å². The third-order valence-corrected chi connectivity index (χ3v) is 6.43. The highest BCUT2D eigenvalue weighted by molar-refractivity contribution is 7.91. The molecule has 1 saturated heterocycles. The molecular formula is C16H22N2O3S. The van der Waals surface area contributed by atoms with E-state index in [9.17, 15) is 13.2 Å². The average molecular weight is 322 g/mol. The molecule has 0 saturated carbocycles. The highest BCUT2D eigenvalue weighted by atomic mass is 32.2. The molecule has 6 heteroatoms. The lowest BCUT2D eigenvalue weighted by atomic mass is 9.98. The molecule has 3 rings (SSSR count). The third-order valence-electron chi connectivity index (χ3n) is 4.67. The van der Waals surface area contributed by atoms with Crippen LogP contribution in [0.3, 0.4) is 0 Å². The highest BCUT2D eigenvalue weighted by Crippen LogP contribution is 2.20. The minimum Gasteiger partial charge on any atom is -0.351 e. The second-order valence-electron chi connectivity index (χ2n) is 6.27. The van der Waals surface area contributed by atoms with Crippen molar-refractivity contribution in [1.82, 2.24) is 10.2 Å². The molecule has 0 aromatic heterocycles. The summed E-state index contributed by atoms with van der Waals surface area (Å²) in [6.45, 7) is 3.52. The standard InChI is InChI=1S/C16H22N2O3S/c1-12(16(19)17-15-7-9-22(20,21)11-15)18-8-6-13-4-2-3-5-14(13)10-18/h2-5,12,15H,6-11H2,1H3,(H,17,19)/t12-,15+/m1/s1. The minimum atomic E-state index is -2.96. The van der Waals surface area contributed by atoms with Crippen LogP contribution in [0.1, 0.15) is 24.5 Å². The van der Waals surface area contributed by atoms with Gasteiger partial charge < -0.3 is 5.32 Å². The Bertz CT molecular complexity index is 672. The summed E-state index contributed by atoms with van der Waals surface area (Å²) in [5.41, 5.74) is 2.63. The Kier molecular flexibility index (Phi) is 4.23. The van der Waals surface area contributed by atoms with E-state index in [4.69, 9.17) is 0 Å². The normalized spacial score (nSPS) is 25.4. The fourth-order valence-corrected chi connectivity index (χ4v) is 4.92. The summed E-state index contributed by atoms with van der Waals surface area (Å²) in [6.07, 6.45) is 1.48. The zero-order valence-electron chi connectivity index (χ0n) is 12.8. The smallest absolute Gasteiger partial charge is 0.237 e. The SMILES string of the molecule is C[C@H](C(=O)N[C@H]1CCS(=O)(=O)C1)N1CCc2ccccc2C1. The number of hydrogen-bond donors (Lipinski definition) is 1. The summed E-state index contributed by atoms with van der Waals surface area (Å²) < 4.78 is 22.9. The van der Waals surface area contributed by atoms with Gasteiger partial charge in [0.05, 0.1) is 17.5 Å². The van der Waals surface area contributed by atoms with Crippen LogP contribution in [0.5, 0.6) is 0 Å². The lowest BCUT2D eigenvalue weighted by Gasteiger charge is -2.33. The van der Waals surface area contributed by atoms with Gasteiger partial charge in [0.25, 0.3) is 0 Å². The van der Waals surface area contributed by atoms with Gasteiger partial charge >= 0.3 is 0 Å². The number of hydrogen-bond acceptors (Lipinski definition) is 4. The van der Waals surface area contributed by atoms with Gasteiger partial charge in [-0.2, -0.15) is 0 Å². The third kappa shape index (κ3) is 3.33. The lowest BCUT2D eigenvalue weighted by Crippen LogP contribution is -2.49. The number of nitrogens with one attached hydrogen (secondary N) is 1. The summed E-state index contributed by atoms with van der Waals surface area (Å²) in [5, 5.41) is 2.90. The number of carbonyl (C=O) groups is 1. The summed E-state index contributed by atoms with van der Waals surface area (Å²) >= 11 is 0. The first-order valence-corrected chi connectivity index (χ1v) is 9.58. The maximum Gasteiger partial charge on any atom is 0.237 e. The summed E-state index contributed by atoms with van der Waals surface area (Å²) in [4.78, 5) is 14.5. The van der Waals surface area contributed by atoms with Gasteiger partial charge in [0.2, 0.25) is 5.91 Å². The molecule has 1 N–H and O–H groups in total. The summed E-state index contributed by atoms with van der Waals surface area (Å²) in [6, 6.07) is 7.85. The van der Waals surface area contributed by atoms with E-state index in [1.165, 1.54) is 11.1 Å². The Morgan fingerprint density at radius 3 is 2.73 bits per heavy atom. The first-order chi connectivity index (χ1) is 10.4. The molecule has 0 aliphatic carbocycles. The van der Waals surface area contributed by atoms with E-state index in [-0.39, 0.29) is 29.5 Å². The molecule has 1 fully saturated rings. The molecule has 1 aromatic carbocycles. The number of benzene rings is 1. The molecule has 5 nitrogen and oxygen atoms in total. The molecule has 2 atom stereocenters. The van der Waals surface area contributed by atoms with E-state index < -0.39 is 9.84 Å². The van der Waals surface area contributed by atoms with Crippen LogP contribution in [0, 0.1) is 0 Å². The molecule has 0 bridgehead atoms. The van der Waals surface area contributed by atoms with Crippen molar-refractivity contribution in [3.05, 3.63) is 35.4 Å². The lowest BCUT2D eigenvalue weighted by molar-refractivity contribution is -0.126. The molecule has 0 unspecified atom stereocenters. The molecule has 22 heavy (non-hydrogen) atoms. The quantitative estimate of drug-likeness (QED) is 0.891. The van der Waals surface area contributed by atoms with Crippen LogP contribution in [-0.2, 0) is 27.6 Å². The van der Waals surface area contributed by atoms with Gasteiger partial charge in [-0.15, -0.1) is 0 Å². The summed E-state index contributed by atoms with van der Waals surface area (Å²) in [5.74, 6) is 0.194. The van der Waals surface area contributed by atoms with Crippen molar-refractivity contribution >= 4 is 15.7 Å². The van der Waals surface area contributed by atoms with Gasteiger partial charge in [0.1, 0.15) is 0 Å². The van der Waals surface area contributed by atoms with Crippen LogP contribution in [-0.4, -0.2) is 49.4 Å². The van der Waals surface area contributed by atoms with Crippen LogP contribution < -0.4 is 5.32 Å². The van der Waals surface area contributed by atoms with Crippen LogP contribution >= 0.6 is 0 Å². The van der Waals surface area contributed by atoms with Crippen LogP contribution in [0.2, 0.25) is 0 Å². The van der Waals surface area contributed by atoms with E-state index >= 15 is 0 Å². The zero-order valence-corrected chi connectivity index (χ0v) is 13.6. The molecule has 2 aliphatic heterocycles. The Morgan fingerprint density at radius 2 is 2.05 bits per heavy atom. The Hall–Kier alpha value is -1.40. The Balaban J connectivity index is 1.60. The van der Waals surface area contributed by atoms with E-state index in [2.05, 4.69) is 22.3 Å². The van der Waals surface area contributed by atoms with E-state index in [1.807, 2.05) is 19.1 Å². The number of carbonyl (C=O) groups excluding carboxylic acids is 1. The van der Waals surface area contributed by atoms with Crippen molar-refractivity contribution in [3.63, 3.8) is 0 Å². The van der Waals surface area contributed by atoms with Gasteiger partial charge in [-0.25, -0.2) is 8.42 Å². The van der Waals surface area contributed by atoms with Crippen molar-refractivity contribution in [3.8, 4) is 0 Å². The minimum absolute atomic E-state index is 0.0681. The maximum atomic E-state index is 12.4. The average Bonchev–Trinajstić information content (AvgIpc) is 2.84. The van der Waals surface area contributed by atoms with Gasteiger partial charge in [0.15, 0.2) is 9.84 Å². The van der Waals surface area contributed by atoms with Crippen molar-refractivity contribution < 1.29 is 13.2 Å². The van der Waals surface area contributed by atoms with E-state index in [1.54, 1.807) is 0 Å². The maximum absolute atomic E-state index is 12.4. The first kappa shape index (κ1) is 15.5. The van der Waals surface area contributed by atoms with Gasteiger partial charge in [-0.1, -0.05) is 24.3 Å². The first-order valence-electron chi connectivity index (χ1n) is 7.76. The largest absolute Gasteiger partial charge is 0.351 e. The highest BCUT2D eigenvalue weighted by Gasteiger charge is 2.31. The molecule has 2 aliphatic rings. The fourth-order valence-electron chi connectivity index (χ4n) is 3.24. The molecule has 1 amide bonds. The second kappa shape index (κ2) is 6.01. The Labute approximate surface area is 131 Å². The van der Waals surface area contributed by atoms with E-state index in [0.717, 1.165) is 19.5 Å². The molecule has 0 spiro atoms. The zero-order chi connectivity index (χ0) is 15.7. The molecule has 1 aromatic rings. The molecule has 2 heterocycles. The monoisotopic (exact) mass is 322 g/mol. The van der Waals surface area contributed by atoms with Gasteiger partial charge in [-0.05, 0) is 30.9 Å². The molecule has 120 valence electrons. The number of fused-ring (bicyclic) bond motifs is 1. The topological polar surface area (TPSA) is 66.5 Å². The van der Waals surface area contributed by atoms with E-state index in [0.29, 0.717) is 6.42 Å². The van der Waals surface area contributed by atoms with Crippen LogP contribution in [0.25, 0.3) is 0 Å². The van der Waals surface area contributed by atoms with Crippen molar-refractivity contribution in [1.29, 1.82) is 0 Å². The summed E-state index contributed by atoms with van der Waals surface area (Å²) in [7, 11) is -2.96. The predicted molar refractivity (Wildman–Crippen MR) is 85.2 cm³/mol. The predicted octanol–water partition coefficient (Wildman–Crippen LogP) is 0.737. The number of rotatable bonds is 3. The van der Waals surface area contributed by atoms with Crippen LogP contribution in [0.15, 0.2) is 24.3 Å². The fraction of sp³-hybridized carbons (Fsp3) is 0.562. The van der Waals surface area contributed by atoms with Crippen molar-refractivity contribution in [2.75, 3.05) is 18.1 Å². The van der Waals surface area contributed by atoms with Gasteiger partial charge in [0, 0.05) is 19.1 Å². The van der Waals surface area contributed by atoms with Crippen molar-refractivity contribution in [2.45, 2.75) is 38.4 Å².